The third kappa shape index (κ3) is 6.38. The number of hydrogen-bond donors (Lipinski definition) is 0. The van der Waals surface area contributed by atoms with Crippen molar-refractivity contribution in [1.82, 2.24) is 9.80 Å². The monoisotopic (exact) mass is 378 g/mol. The molecule has 0 spiro atoms. The highest BCUT2D eigenvalue weighted by Gasteiger charge is 2.22. The average Bonchev–Trinajstić information content (AvgIpc) is 3.11. The van der Waals surface area contributed by atoms with E-state index in [1.807, 2.05) is 56.3 Å². The lowest BCUT2D eigenvalue weighted by atomic mass is 10.3. The molecule has 25 heavy (non-hydrogen) atoms. The molecule has 6 heteroatoms. The average molecular weight is 379 g/mol. The molecule has 0 bridgehead atoms. The first kappa shape index (κ1) is 19.8. The summed E-state index contributed by atoms with van der Waals surface area (Å²) >= 11 is 3.28. The number of benzene rings is 1. The van der Waals surface area contributed by atoms with Gasteiger partial charge in [-0.1, -0.05) is 6.07 Å². The van der Waals surface area contributed by atoms with Crippen LogP contribution in [-0.4, -0.2) is 55.3 Å². The van der Waals surface area contributed by atoms with Crippen molar-refractivity contribution >= 4 is 29.0 Å². The number of amides is 1. The second-order valence-corrected chi connectivity index (χ2v) is 8.52. The van der Waals surface area contributed by atoms with Gasteiger partial charge >= 0.3 is 0 Å². The lowest BCUT2D eigenvalue weighted by Crippen LogP contribution is -2.40. The van der Waals surface area contributed by atoms with Crippen LogP contribution in [0, 0.1) is 0 Å². The van der Waals surface area contributed by atoms with E-state index >= 15 is 0 Å². The number of ether oxygens (including phenoxy) is 1. The lowest BCUT2D eigenvalue weighted by molar-refractivity contribution is -0.131. The minimum absolute atomic E-state index is 0.129. The summed E-state index contributed by atoms with van der Waals surface area (Å²) in [5, 5.41) is 1.93. The van der Waals surface area contributed by atoms with Gasteiger partial charge in [0.15, 0.2) is 0 Å². The third-order valence-corrected chi connectivity index (χ3v) is 5.74. The van der Waals surface area contributed by atoms with Crippen LogP contribution in [0.1, 0.15) is 11.8 Å². The number of thiophene rings is 1. The highest BCUT2D eigenvalue weighted by Crippen LogP contribution is 2.27. The molecular weight excluding hydrogens is 352 g/mol. The molecule has 0 aliphatic heterocycles. The van der Waals surface area contributed by atoms with E-state index in [1.54, 1.807) is 30.2 Å². The number of methoxy groups -OCH3 is 1. The first-order valence-corrected chi connectivity index (χ1v) is 10.0. The van der Waals surface area contributed by atoms with Gasteiger partial charge in [-0.05, 0) is 56.7 Å². The quantitative estimate of drug-likeness (QED) is 0.621. The Morgan fingerprint density at radius 2 is 1.92 bits per heavy atom. The molecule has 1 aromatic carbocycles. The molecule has 1 heterocycles. The highest BCUT2D eigenvalue weighted by molar-refractivity contribution is 8.00. The predicted octanol–water partition coefficient (Wildman–Crippen LogP) is 3.83. The Bertz CT molecular complexity index is 642. The summed E-state index contributed by atoms with van der Waals surface area (Å²) in [6, 6.07) is 12.0. The number of hydrogen-bond acceptors (Lipinski definition) is 5. The van der Waals surface area contributed by atoms with Gasteiger partial charge in [0.1, 0.15) is 5.75 Å². The molecule has 0 N–H and O–H groups in total. The molecule has 1 amide bonds. The topological polar surface area (TPSA) is 32.8 Å². The smallest absolute Gasteiger partial charge is 0.236 e. The number of nitrogens with zero attached hydrogens (tertiary/aromatic N) is 2. The van der Waals surface area contributed by atoms with Gasteiger partial charge in [-0.15, -0.1) is 23.1 Å². The van der Waals surface area contributed by atoms with Crippen LogP contribution in [0.3, 0.4) is 0 Å². The fourth-order valence-electron chi connectivity index (χ4n) is 2.34. The van der Waals surface area contributed by atoms with Gasteiger partial charge in [-0.3, -0.25) is 4.79 Å². The zero-order chi connectivity index (χ0) is 18.2. The molecule has 1 atom stereocenters. The molecule has 0 saturated carbocycles. The Balaban J connectivity index is 2.01. The maximum Gasteiger partial charge on any atom is 0.236 e. The summed E-state index contributed by atoms with van der Waals surface area (Å²) in [7, 11) is 5.72. The van der Waals surface area contributed by atoms with Crippen molar-refractivity contribution in [3.63, 3.8) is 0 Å². The minimum atomic E-state index is -0.129. The Kier molecular flexibility index (Phi) is 7.81. The van der Waals surface area contributed by atoms with E-state index in [9.17, 15) is 4.79 Å². The first-order valence-electron chi connectivity index (χ1n) is 8.26. The Labute approximate surface area is 158 Å². The summed E-state index contributed by atoms with van der Waals surface area (Å²) in [5.41, 5.74) is 0. The van der Waals surface area contributed by atoms with Crippen LogP contribution in [0.5, 0.6) is 5.75 Å². The Hall–Kier alpha value is -1.50. The van der Waals surface area contributed by atoms with Crippen LogP contribution in [0.4, 0.5) is 0 Å². The van der Waals surface area contributed by atoms with E-state index in [1.165, 1.54) is 4.88 Å². The van der Waals surface area contributed by atoms with Gasteiger partial charge < -0.3 is 14.5 Å². The van der Waals surface area contributed by atoms with Gasteiger partial charge in [0.05, 0.1) is 18.9 Å². The molecule has 0 aliphatic rings. The SMILES string of the molecule is COc1ccc(SC(C)C(=O)N(CCN(C)C)Cc2cccs2)cc1. The fourth-order valence-corrected chi connectivity index (χ4v) is 4.02. The van der Waals surface area contributed by atoms with Gasteiger partial charge in [-0.25, -0.2) is 0 Å². The van der Waals surface area contributed by atoms with Gasteiger partial charge in [0.25, 0.3) is 0 Å². The molecule has 1 aromatic heterocycles. The van der Waals surface area contributed by atoms with Gasteiger partial charge in [0, 0.05) is 22.9 Å². The molecule has 2 aromatic rings. The second kappa shape index (κ2) is 9.85. The highest BCUT2D eigenvalue weighted by atomic mass is 32.2. The summed E-state index contributed by atoms with van der Waals surface area (Å²) in [6.45, 7) is 4.25. The Morgan fingerprint density at radius 3 is 2.48 bits per heavy atom. The normalized spacial score (nSPS) is 12.2. The van der Waals surface area contributed by atoms with Crippen molar-refractivity contribution in [2.45, 2.75) is 23.6 Å². The van der Waals surface area contributed by atoms with Crippen molar-refractivity contribution < 1.29 is 9.53 Å². The second-order valence-electron chi connectivity index (χ2n) is 6.08. The zero-order valence-electron chi connectivity index (χ0n) is 15.3. The van der Waals surface area contributed by atoms with Crippen molar-refractivity contribution in [2.75, 3.05) is 34.3 Å². The van der Waals surface area contributed by atoms with E-state index in [4.69, 9.17) is 4.74 Å². The van der Waals surface area contributed by atoms with Crippen molar-refractivity contribution in [1.29, 1.82) is 0 Å². The van der Waals surface area contributed by atoms with E-state index in [2.05, 4.69) is 16.3 Å². The number of likely N-dealkylation sites (N-methyl/N-ethyl adjacent to an activating group) is 1. The van der Waals surface area contributed by atoms with Crippen LogP contribution in [0.15, 0.2) is 46.7 Å². The molecule has 0 saturated heterocycles. The molecule has 0 radical (unpaired) electrons. The van der Waals surface area contributed by atoms with E-state index in [0.29, 0.717) is 6.54 Å². The van der Waals surface area contributed by atoms with Gasteiger partial charge in [-0.2, -0.15) is 0 Å². The molecule has 136 valence electrons. The Morgan fingerprint density at radius 1 is 1.20 bits per heavy atom. The first-order chi connectivity index (χ1) is 12.0. The lowest BCUT2D eigenvalue weighted by Gasteiger charge is -2.26. The largest absolute Gasteiger partial charge is 0.497 e. The predicted molar refractivity (Wildman–Crippen MR) is 107 cm³/mol. The summed E-state index contributed by atoms with van der Waals surface area (Å²) < 4.78 is 5.18. The fraction of sp³-hybridized carbons (Fsp3) is 0.421. The van der Waals surface area contributed by atoms with E-state index in [0.717, 1.165) is 23.7 Å². The van der Waals surface area contributed by atoms with Crippen molar-refractivity contribution in [3.8, 4) is 5.75 Å². The summed E-state index contributed by atoms with van der Waals surface area (Å²) in [6.07, 6.45) is 0. The number of carbonyl (C=O) groups excluding carboxylic acids is 1. The third-order valence-electron chi connectivity index (χ3n) is 3.78. The molecule has 2 rings (SSSR count). The van der Waals surface area contributed by atoms with Crippen LogP contribution in [0.2, 0.25) is 0 Å². The van der Waals surface area contributed by atoms with E-state index in [-0.39, 0.29) is 11.2 Å². The summed E-state index contributed by atoms with van der Waals surface area (Å²) in [5.74, 6) is 1.00. The van der Waals surface area contributed by atoms with Crippen LogP contribution in [0.25, 0.3) is 0 Å². The van der Waals surface area contributed by atoms with Crippen LogP contribution >= 0.6 is 23.1 Å². The maximum atomic E-state index is 13.0. The summed E-state index contributed by atoms with van der Waals surface area (Å²) in [4.78, 5) is 19.3. The molecule has 1 unspecified atom stereocenters. The number of carbonyl (C=O) groups is 1. The van der Waals surface area contributed by atoms with Crippen molar-refractivity contribution in [2.24, 2.45) is 0 Å². The number of thioether (sulfide) groups is 1. The van der Waals surface area contributed by atoms with Crippen LogP contribution in [-0.2, 0) is 11.3 Å². The number of rotatable bonds is 9. The molecule has 4 nitrogen and oxygen atoms in total. The van der Waals surface area contributed by atoms with E-state index < -0.39 is 0 Å². The standard InChI is InChI=1S/C19H26N2O2S2/c1-15(25-17-9-7-16(23-4)8-10-17)19(22)21(12-11-20(2)3)14-18-6-5-13-24-18/h5-10,13,15H,11-12,14H2,1-4H3. The maximum absolute atomic E-state index is 13.0. The zero-order valence-corrected chi connectivity index (χ0v) is 16.9. The molecule has 0 fully saturated rings. The molecular formula is C19H26N2O2S2. The molecule has 0 aliphatic carbocycles. The minimum Gasteiger partial charge on any atom is -0.497 e. The van der Waals surface area contributed by atoms with Gasteiger partial charge in [0.2, 0.25) is 5.91 Å². The van der Waals surface area contributed by atoms with Crippen LogP contribution < -0.4 is 4.74 Å². The van der Waals surface area contributed by atoms with Crippen molar-refractivity contribution in [3.05, 3.63) is 46.7 Å².